The molecule has 1 aliphatic heterocycles. The van der Waals surface area contributed by atoms with Crippen molar-refractivity contribution in [2.45, 2.75) is 17.9 Å². The minimum atomic E-state index is -3.43. The van der Waals surface area contributed by atoms with Crippen LogP contribution in [0.3, 0.4) is 0 Å². The first-order chi connectivity index (χ1) is 11.5. The number of hydrogen-bond donors (Lipinski definition) is 1. The number of quaternary nitrogens is 1. The third-order valence-corrected chi connectivity index (χ3v) is 7.64. The highest BCUT2D eigenvalue weighted by molar-refractivity contribution is 9.10. The minimum absolute atomic E-state index is 0.351. The highest BCUT2D eigenvalue weighted by atomic mass is 79.9. The van der Waals surface area contributed by atoms with Gasteiger partial charge in [-0.3, -0.25) is 0 Å². The van der Waals surface area contributed by atoms with Crippen molar-refractivity contribution in [3.8, 4) is 0 Å². The standard InChI is InChI=1S/C18H21BrN2O2S/c1-15(16-7-3-2-4-8-16)20-11-13-21(14-12-20)24(22,23)18-10-6-5-9-17(18)19/h2-10,15H,11-14H2,1H3/p+1/t15-/m0/s1. The van der Waals surface area contributed by atoms with E-state index in [4.69, 9.17) is 0 Å². The van der Waals surface area contributed by atoms with Crippen LogP contribution in [-0.2, 0) is 10.0 Å². The van der Waals surface area contributed by atoms with E-state index >= 15 is 0 Å². The van der Waals surface area contributed by atoms with Gasteiger partial charge in [-0.05, 0) is 35.0 Å². The van der Waals surface area contributed by atoms with E-state index in [1.54, 1.807) is 22.5 Å². The van der Waals surface area contributed by atoms with E-state index in [0.29, 0.717) is 28.5 Å². The normalized spacial score (nSPS) is 18.4. The molecule has 0 spiro atoms. The molecule has 6 heteroatoms. The number of rotatable bonds is 4. The van der Waals surface area contributed by atoms with Crippen LogP contribution in [0, 0.1) is 0 Å². The minimum Gasteiger partial charge on any atom is -0.327 e. The average molecular weight is 410 g/mol. The molecule has 2 aromatic carbocycles. The fourth-order valence-corrected chi connectivity index (χ4v) is 5.62. The van der Waals surface area contributed by atoms with Gasteiger partial charge >= 0.3 is 0 Å². The molecule has 1 atom stereocenters. The second kappa shape index (κ2) is 7.35. The average Bonchev–Trinajstić information content (AvgIpc) is 2.62. The summed E-state index contributed by atoms with van der Waals surface area (Å²) in [7, 11) is -3.43. The summed E-state index contributed by atoms with van der Waals surface area (Å²) in [6.07, 6.45) is 0. The van der Waals surface area contributed by atoms with Crippen molar-refractivity contribution in [2.24, 2.45) is 0 Å². The molecule has 4 nitrogen and oxygen atoms in total. The van der Waals surface area contributed by atoms with E-state index in [-0.39, 0.29) is 0 Å². The van der Waals surface area contributed by atoms with Gasteiger partial charge in [0.25, 0.3) is 0 Å². The lowest BCUT2D eigenvalue weighted by atomic mass is 10.1. The Bertz CT molecular complexity index is 788. The summed E-state index contributed by atoms with van der Waals surface area (Å²) in [5.41, 5.74) is 1.30. The van der Waals surface area contributed by atoms with Crippen molar-refractivity contribution in [3.05, 3.63) is 64.6 Å². The summed E-state index contributed by atoms with van der Waals surface area (Å²) in [4.78, 5) is 1.78. The van der Waals surface area contributed by atoms with Crippen LogP contribution in [0.25, 0.3) is 0 Å². The molecule has 0 saturated carbocycles. The van der Waals surface area contributed by atoms with Crippen molar-refractivity contribution in [3.63, 3.8) is 0 Å². The lowest BCUT2D eigenvalue weighted by Gasteiger charge is -2.35. The molecule has 0 amide bonds. The Morgan fingerprint density at radius 2 is 1.58 bits per heavy atom. The Morgan fingerprint density at radius 3 is 2.21 bits per heavy atom. The van der Waals surface area contributed by atoms with Gasteiger partial charge in [-0.2, -0.15) is 4.31 Å². The predicted octanol–water partition coefficient (Wildman–Crippen LogP) is 2.10. The lowest BCUT2D eigenvalue weighted by Crippen LogP contribution is -3.14. The van der Waals surface area contributed by atoms with Crippen molar-refractivity contribution in [1.82, 2.24) is 4.31 Å². The van der Waals surface area contributed by atoms with Gasteiger partial charge in [-0.1, -0.05) is 42.5 Å². The van der Waals surface area contributed by atoms with E-state index in [1.165, 1.54) is 10.5 Å². The molecule has 0 unspecified atom stereocenters. The van der Waals surface area contributed by atoms with Gasteiger partial charge in [0.2, 0.25) is 10.0 Å². The van der Waals surface area contributed by atoms with E-state index in [9.17, 15) is 8.42 Å². The maximum atomic E-state index is 12.8. The number of sulfonamides is 1. The van der Waals surface area contributed by atoms with Gasteiger partial charge < -0.3 is 4.90 Å². The van der Waals surface area contributed by atoms with Gasteiger partial charge in [-0.25, -0.2) is 8.42 Å². The summed E-state index contributed by atoms with van der Waals surface area (Å²) in [6, 6.07) is 17.8. The SMILES string of the molecule is C[C@@H](c1ccccc1)[NH+]1CCN(S(=O)(=O)c2ccccc2Br)CC1. The molecular formula is C18H22BrN2O2S+. The zero-order valence-corrected chi connectivity index (χ0v) is 16.1. The van der Waals surface area contributed by atoms with Crippen LogP contribution < -0.4 is 4.90 Å². The number of hydrogen-bond acceptors (Lipinski definition) is 2. The molecule has 1 saturated heterocycles. The first-order valence-corrected chi connectivity index (χ1v) is 10.4. The van der Waals surface area contributed by atoms with E-state index in [2.05, 4.69) is 47.1 Å². The monoisotopic (exact) mass is 409 g/mol. The second-order valence-corrected chi connectivity index (χ2v) is 8.89. The number of nitrogens with one attached hydrogen (secondary N) is 1. The quantitative estimate of drug-likeness (QED) is 0.839. The number of halogens is 1. The zero-order valence-electron chi connectivity index (χ0n) is 13.7. The summed E-state index contributed by atoms with van der Waals surface area (Å²) in [6.45, 7) is 4.95. The summed E-state index contributed by atoms with van der Waals surface area (Å²) >= 11 is 3.35. The number of nitrogens with zero attached hydrogens (tertiary/aromatic N) is 1. The van der Waals surface area contributed by atoms with Gasteiger partial charge in [0, 0.05) is 10.0 Å². The molecule has 1 aliphatic rings. The van der Waals surface area contributed by atoms with Gasteiger partial charge in [-0.15, -0.1) is 0 Å². The Hall–Kier alpha value is -1.21. The largest absolute Gasteiger partial charge is 0.327 e. The molecule has 128 valence electrons. The second-order valence-electron chi connectivity index (χ2n) is 6.13. The van der Waals surface area contributed by atoms with Crippen LogP contribution in [-0.4, -0.2) is 38.9 Å². The molecule has 0 radical (unpaired) electrons. The first kappa shape index (κ1) is 17.6. The molecule has 24 heavy (non-hydrogen) atoms. The van der Waals surface area contributed by atoms with Crippen molar-refractivity contribution < 1.29 is 13.3 Å². The fourth-order valence-electron chi connectivity index (χ4n) is 3.22. The number of benzene rings is 2. The van der Waals surface area contributed by atoms with Gasteiger partial charge in [0.1, 0.15) is 6.04 Å². The smallest absolute Gasteiger partial charge is 0.244 e. The first-order valence-electron chi connectivity index (χ1n) is 8.14. The zero-order chi connectivity index (χ0) is 17.2. The van der Waals surface area contributed by atoms with Crippen LogP contribution in [0.15, 0.2) is 64.0 Å². The molecule has 1 fully saturated rings. The summed E-state index contributed by atoms with van der Waals surface area (Å²) in [5.74, 6) is 0. The molecule has 0 aliphatic carbocycles. The lowest BCUT2D eigenvalue weighted by molar-refractivity contribution is -0.933. The highest BCUT2D eigenvalue weighted by Crippen LogP contribution is 2.24. The number of piperazine rings is 1. The molecule has 3 rings (SSSR count). The maximum Gasteiger partial charge on any atom is 0.244 e. The van der Waals surface area contributed by atoms with Crippen LogP contribution in [0.5, 0.6) is 0 Å². The van der Waals surface area contributed by atoms with Crippen LogP contribution >= 0.6 is 15.9 Å². The third kappa shape index (κ3) is 3.57. The Morgan fingerprint density at radius 1 is 1.00 bits per heavy atom. The molecule has 0 aromatic heterocycles. The Balaban J connectivity index is 1.70. The van der Waals surface area contributed by atoms with Crippen molar-refractivity contribution in [1.29, 1.82) is 0 Å². The molecular weight excluding hydrogens is 388 g/mol. The van der Waals surface area contributed by atoms with Crippen LogP contribution in [0.4, 0.5) is 0 Å². The summed E-state index contributed by atoms with van der Waals surface area (Å²) in [5, 5.41) is 0. The Labute approximate surface area is 152 Å². The fraction of sp³-hybridized carbons (Fsp3) is 0.333. The van der Waals surface area contributed by atoms with Gasteiger partial charge in [0.05, 0.1) is 31.1 Å². The Kier molecular flexibility index (Phi) is 5.39. The highest BCUT2D eigenvalue weighted by Gasteiger charge is 2.33. The third-order valence-electron chi connectivity index (χ3n) is 4.73. The van der Waals surface area contributed by atoms with E-state index in [0.717, 1.165) is 13.1 Å². The van der Waals surface area contributed by atoms with Crippen molar-refractivity contribution in [2.75, 3.05) is 26.2 Å². The van der Waals surface area contributed by atoms with E-state index < -0.39 is 10.0 Å². The molecule has 1 N–H and O–H groups in total. The molecule has 1 heterocycles. The summed E-state index contributed by atoms with van der Waals surface area (Å²) < 4.78 is 27.9. The van der Waals surface area contributed by atoms with Crippen molar-refractivity contribution >= 4 is 26.0 Å². The van der Waals surface area contributed by atoms with Gasteiger partial charge in [0.15, 0.2) is 0 Å². The van der Waals surface area contributed by atoms with Crippen LogP contribution in [0.1, 0.15) is 18.5 Å². The molecule has 0 bridgehead atoms. The molecule has 2 aromatic rings. The maximum absolute atomic E-state index is 12.8. The predicted molar refractivity (Wildman–Crippen MR) is 98.5 cm³/mol. The van der Waals surface area contributed by atoms with E-state index in [1.807, 2.05) is 12.1 Å². The van der Waals surface area contributed by atoms with Crippen LogP contribution in [0.2, 0.25) is 0 Å². The topological polar surface area (TPSA) is 41.8 Å².